The van der Waals surface area contributed by atoms with Crippen LogP contribution in [0, 0.1) is 0 Å². The van der Waals surface area contributed by atoms with Crippen LogP contribution in [0.25, 0.3) is 0 Å². The number of carbonyl (C=O) groups is 1. The summed E-state index contributed by atoms with van der Waals surface area (Å²) < 4.78 is 33.1. The van der Waals surface area contributed by atoms with Crippen LogP contribution in [-0.4, -0.2) is 46.7 Å². The highest BCUT2D eigenvalue weighted by atomic mass is 35.5. The number of anilines is 1. The van der Waals surface area contributed by atoms with E-state index in [2.05, 4.69) is 15.3 Å². The Morgan fingerprint density at radius 2 is 2.11 bits per heavy atom. The second-order valence-corrected chi connectivity index (χ2v) is 6.90. The molecule has 0 bridgehead atoms. The van der Waals surface area contributed by atoms with E-state index in [1.165, 1.54) is 30.6 Å². The predicted molar refractivity (Wildman–Crippen MR) is 98.6 cm³/mol. The van der Waals surface area contributed by atoms with E-state index < -0.39 is 12.0 Å². The van der Waals surface area contributed by atoms with E-state index >= 15 is 0 Å². The summed E-state index contributed by atoms with van der Waals surface area (Å²) in [5.41, 5.74) is -0.00820. The molecule has 1 aromatic heterocycles. The van der Waals surface area contributed by atoms with Gasteiger partial charge in [-0.2, -0.15) is 0 Å². The third kappa shape index (κ3) is 4.66. The monoisotopic (exact) mass is 412 g/mol. The quantitative estimate of drug-likeness (QED) is 0.755. The highest BCUT2D eigenvalue weighted by Crippen LogP contribution is 2.34. The molecule has 2 N–H and O–H groups in total. The third-order valence-corrected chi connectivity index (χ3v) is 4.59. The van der Waals surface area contributed by atoms with Gasteiger partial charge in [0.2, 0.25) is 11.9 Å². The standard InChI is InChI=1S/C18H19ClF2N4O3/c1-18(20,21)14-3-2-4-15(19)13(14)10-28-12-5-22-17(23-6-12)25-7-11(9-26)24-16(27)8-25/h2-6,11,26H,7-10H2,1H3,(H,24,27). The summed E-state index contributed by atoms with van der Waals surface area (Å²) in [4.78, 5) is 21.6. The van der Waals surface area contributed by atoms with Crippen LogP contribution < -0.4 is 15.0 Å². The molecule has 150 valence electrons. The van der Waals surface area contributed by atoms with Gasteiger partial charge in [0.15, 0.2) is 5.75 Å². The second kappa shape index (κ2) is 8.24. The number of halogens is 3. The number of hydrogen-bond donors (Lipinski definition) is 2. The number of hydrogen-bond acceptors (Lipinski definition) is 6. The number of aliphatic hydroxyl groups is 1. The van der Waals surface area contributed by atoms with Crippen molar-refractivity contribution in [3.05, 3.63) is 46.7 Å². The highest BCUT2D eigenvalue weighted by molar-refractivity contribution is 6.31. The minimum Gasteiger partial charge on any atom is -0.486 e. The van der Waals surface area contributed by atoms with Crippen molar-refractivity contribution in [1.29, 1.82) is 0 Å². The zero-order valence-electron chi connectivity index (χ0n) is 15.0. The van der Waals surface area contributed by atoms with Crippen molar-refractivity contribution < 1.29 is 23.4 Å². The summed E-state index contributed by atoms with van der Waals surface area (Å²) in [5.74, 6) is -2.71. The largest absolute Gasteiger partial charge is 0.486 e. The minimum absolute atomic E-state index is 0.0747. The Balaban J connectivity index is 1.70. The molecule has 1 aliphatic rings. The van der Waals surface area contributed by atoms with E-state index in [-0.39, 0.29) is 47.6 Å². The Kier molecular flexibility index (Phi) is 5.95. The SMILES string of the molecule is CC(F)(F)c1cccc(Cl)c1COc1cnc(N2CC(=O)NC(CO)C2)nc1. The fourth-order valence-electron chi connectivity index (χ4n) is 2.90. The van der Waals surface area contributed by atoms with Crippen LogP contribution in [0.2, 0.25) is 5.02 Å². The summed E-state index contributed by atoms with van der Waals surface area (Å²) in [7, 11) is 0. The molecule has 7 nitrogen and oxygen atoms in total. The summed E-state index contributed by atoms with van der Waals surface area (Å²) in [5, 5.41) is 12.1. The topological polar surface area (TPSA) is 87.6 Å². The van der Waals surface area contributed by atoms with E-state index in [0.29, 0.717) is 12.5 Å². The lowest BCUT2D eigenvalue weighted by Crippen LogP contribution is -2.56. The van der Waals surface area contributed by atoms with Gasteiger partial charge in [0.1, 0.15) is 6.61 Å². The third-order valence-electron chi connectivity index (χ3n) is 4.23. The molecule has 1 amide bonds. The number of amides is 1. The second-order valence-electron chi connectivity index (χ2n) is 6.49. The lowest BCUT2D eigenvalue weighted by Gasteiger charge is -2.31. The molecule has 1 saturated heterocycles. The number of benzene rings is 1. The van der Waals surface area contributed by atoms with Gasteiger partial charge in [-0.3, -0.25) is 4.79 Å². The van der Waals surface area contributed by atoms with Crippen LogP contribution in [0.4, 0.5) is 14.7 Å². The van der Waals surface area contributed by atoms with Crippen molar-refractivity contribution in [1.82, 2.24) is 15.3 Å². The zero-order valence-corrected chi connectivity index (χ0v) is 15.8. The van der Waals surface area contributed by atoms with Crippen LogP contribution in [0.3, 0.4) is 0 Å². The first-order chi connectivity index (χ1) is 13.3. The molecule has 1 fully saturated rings. The van der Waals surface area contributed by atoms with Crippen molar-refractivity contribution >= 4 is 23.5 Å². The van der Waals surface area contributed by atoms with E-state index in [1.807, 2.05) is 0 Å². The fourth-order valence-corrected chi connectivity index (χ4v) is 3.13. The number of rotatable bonds is 6. The van der Waals surface area contributed by atoms with Crippen LogP contribution in [0.5, 0.6) is 5.75 Å². The maximum Gasteiger partial charge on any atom is 0.270 e. The molecular weight excluding hydrogens is 394 g/mol. The van der Waals surface area contributed by atoms with E-state index in [9.17, 15) is 18.7 Å². The Labute approximate surface area is 165 Å². The average molecular weight is 413 g/mol. The maximum absolute atomic E-state index is 13.8. The van der Waals surface area contributed by atoms with E-state index in [1.54, 1.807) is 4.90 Å². The highest BCUT2D eigenvalue weighted by Gasteiger charge is 2.29. The number of piperazine rings is 1. The molecule has 1 aromatic carbocycles. The smallest absolute Gasteiger partial charge is 0.270 e. The van der Waals surface area contributed by atoms with E-state index in [4.69, 9.17) is 16.3 Å². The van der Waals surface area contributed by atoms with Crippen molar-refractivity contribution in [2.45, 2.75) is 25.5 Å². The van der Waals surface area contributed by atoms with Gasteiger partial charge < -0.3 is 20.1 Å². The van der Waals surface area contributed by atoms with Crippen molar-refractivity contribution in [3.8, 4) is 5.75 Å². The molecule has 0 spiro atoms. The van der Waals surface area contributed by atoms with Crippen LogP contribution in [-0.2, 0) is 17.3 Å². The molecule has 2 heterocycles. The molecule has 0 saturated carbocycles. The average Bonchev–Trinajstić information content (AvgIpc) is 2.66. The molecule has 1 atom stereocenters. The van der Waals surface area contributed by atoms with Crippen LogP contribution in [0.15, 0.2) is 30.6 Å². The normalized spacial score (nSPS) is 17.4. The summed E-state index contributed by atoms with van der Waals surface area (Å²) in [6.45, 7) is 0.891. The Bertz CT molecular complexity index is 846. The van der Waals surface area contributed by atoms with Crippen LogP contribution in [0.1, 0.15) is 18.1 Å². The summed E-state index contributed by atoms with van der Waals surface area (Å²) >= 11 is 6.06. The first-order valence-corrected chi connectivity index (χ1v) is 8.91. The Morgan fingerprint density at radius 1 is 1.39 bits per heavy atom. The molecule has 10 heteroatoms. The van der Waals surface area contributed by atoms with Gasteiger partial charge >= 0.3 is 0 Å². The Morgan fingerprint density at radius 3 is 2.75 bits per heavy atom. The maximum atomic E-state index is 13.8. The number of aromatic nitrogens is 2. The number of alkyl halides is 2. The van der Waals surface area contributed by atoms with Crippen molar-refractivity contribution in [2.75, 3.05) is 24.6 Å². The summed E-state index contributed by atoms with van der Waals surface area (Å²) in [6, 6.07) is 3.90. The molecular formula is C18H19ClF2N4O3. The van der Waals surface area contributed by atoms with Gasteiger partial charge in [-0.1, -0.05) is 23.7 Å². The number of nitrogens with zero attached hydrogens (tertiary/aromatic N) is 3. The molecule has 1 unspecified atom stereocenters. The fraction of sp³-hybridized carbons (Fsp3) is 0.389. The molecule has 0 radical (unpaired) electrons. The lowest BCUT2D eigenvalue weighted by atomic mass is 10.0. The number of carbonyl (C=O) groups excluding carboxylic acids is 1. The molecule has 0 aliphatic carbocycles. The van der Waals surface area contributed by atoms with Gasteiger partial charge in [-0.05, 0) is 6.07 Å². The van der Waals surface area contributed by atoms with Gasteiger partial charge in [-0.25, -0.2) is 18.7 Å². The van der Waals surface area contributed by atoms with Gasteiger partial charge in [-0.15, -0.1) is 0 Å². The van der Waals surface area contributed by atoms with Gasteiger partial charge in [0, 0.05) is 29.6 Å². The van der Waals surface area contributed by atoms with Crippen molar-refractivity contribution in [3.63, 3.8) is 0 Å². The van der Waals surface area contributed by atoms with Gasteiger partial charge in [0.25, 0.3) is 5.92 Å². The summed E-state index contributed by atoms with van der Waals surface area (Å²) in [6.07, 6.45) is 2.78. The first kappa shape index (κ1) is 20.2. The first-order valence-electron chi connectivity index (χ1n) is 8.53. The molecule has 28 heavy (non-hydrogen) atoms. The lowest BCUT2D eigenvalue weighted by molar-refractivity contribution is -0.121. The number of nitrogens with one attached hydrogen (secondary N) is 1. The molecule has 3 rings (SSSR count). The minimum atomic E-state index is -3.05. The number of ether oxygens (including phenoxy) is 1. The van der Waals surface area contributed by atoms with Crippen molar-refractivity contribution in [2.24, 2.45) is 0 Å². The number of aliphatic hydroxyl groups excluding tert-OH is 1. The zero-order chi connectivity index (χ0) is 20.3. The Hall–Kier alpha value is -2.52. The predicted octanol–water partition coefficient (Wildman–Crippen LogP) is 2.12. The van der Waals surface area contributed by atoms with Crippen LogP contribution >= 0.6 is 11.6 Å². The van der Waals surface area contributed by atoms with Gasteiger partial charge in [0.05, 0.1) is 31.6 Å². The molecule has 1 aliphatic heterocycles. The molecule has 2 aromatic rings. The van der Waals surface area contributed by atoms with E-state index in [0.717, 1.165) is 6.92 Å².